The van der Waals surface area contributed by atoms with Crippen LogP contribution in [0.4, 0.5) is 0 Å². The van der Waals surface area contributed by atoms with E-state index in [4.69, 9.17) is 23.7 Å². The molecule has 9 nitrogen and oxygen atoms in total. The molecule has 22 heavy (non-hydrogen) atoms. The van der Waals surface area contributed by atoms with Crippen molar-refractivity contribution in [1.82, 2.24) is 0 Å². The highest BCUT2D eigenvalue weighted by molar-refractivity contribution is 5.69. The van der Waals surface area contributed by atoms with Gasteiger partial charge in [0.15, 0.2) is 12.2 Å². The lowest BCUT2D eigenvalue weighted by Crippen LogP contribution is -2.58. The predicted octanol–water partition coefficient (Wildman–Crippen LogP) is -0.299. The minimum Gasteiger partial charge on any atom is -0.456 e. The molecular formula is C13H18O9. The summed E-state index contributed by atoms with van der Waals surface area (Å²) >= 11 is 0. The molecule has 0 aliphatic carbocycles. The molecule has 1 rings (SSSR count). The third-order valence-corrected chi connectivity index (χ3v) is 2.59. The van der Waals surface area contributed by atoms with Gasteiger partial charge in [-0.1, -0.05) is 0 Å². The number of esters is 4. The van der Waals surface area contributed by atoms with Crippen LogP contribution in [0.2, 0.25) is 0 Å². The smallest absolute Gasteiger partial charge is 0.305 e. The monoisotopic (exact) mass is 318 g/mol. The Morgan fingerprint density at radius 3 is 1.64 bits per heavy atom. The molecular weight excluding hydrogens is 300 g/mol. The number of carbonyl (C=O) groups is 4. The fourth-order valence-electron chi connectivity index (χ4n) is 1.97. The first kappa shape index (κ1) is 17.9. The van der Waals surface area contributed by atoms with Gasteiger partial charge in [0.25, 0.3) is 0 Å². The SMILES string of the molecule is CC(=O)OC1OC[C@@H](OC(C)=O)[C@H](OC(C)=O)[C@@H]1OC(C)=O. The zero-order valence-electron chi connectivity index (χ0n) is 12.7. The molecule has 0 radical (unpaired) electrons. The Bertz CT molecular complexity index is 416. The van der Waals surface area contributed by atoms with Gasteiger partial charge < -0.3 is 23.7 Å². The highest BCUT2D eigenvalue weighted by atomic mass is 16.7. The maximum Gasteiger partial charge on any atom is 0.305 e. The fraction of sp³-hybridized carbons (Fsp3) is 0.692. The first-order chi connectivity index (χ1) is 10.2. The molecule has 1 unspecified atom stereocenters. The summed E-state index contributed by atoms with van der Waals surface area (Å²) < 4.78 is 25.2. The molecule has 9 heteroatoms. The lowest BCUT2D eigenvalue weighted by Gasteiger charge is -2.39. The van der Waals surface area contributed by atoms with Crippen molar-refractivity contribution in [3.05, 3.63) is 0 Å². The highest BCUT2D eigenvalue weighted by Gasteiger charge is 2.48. The van der Waals surface area contributed by atoms with Crippen molar-refractivity contribution in [3.8, 4) is 0 Å². The van der Waals surface area contributed by atoms with Crippen molar-refractivity contribution >= 4 is 23.9 Å². The molecule has 124 valence electrons. The Morgan fingerprint density at radius 2 is 1.18 bits per heavy atom. The number of hydrogen-bond donors (Lipinski definition) is 0. The number of rotatable bonds is 4. The third-order valence-electron chi connectivity index (χ3n) is 2.59. The van der Waals surface area contributed by atoms with Gasteiger partial charge in [-0.2, -0.15) is 0 Å². The average molecular weight is 318 g/mol. The van der Waals surface area contributed by atoms with Gasteiger partial charge in [-0.05, 0) is 0 Å². The Kier molecular flexibility index (Phi) is 6.29. The van der Waals surface area contributed by atoms with Crippen LogP contribution in [0.3, 0.4) is 0 Å². The Balaban J connectivity index is 3.03. The molecule has 1 fully saturated rings. The van der Waals surface area contributed by atoms with Gasteiger partial charge in [0.05, 0.1) is 6.61 Å². The largest absolute Gasteiger partial charge is 0.456 e. The van der Waals surface area contributed by atoms with Gasteiger partial charge in [-0.25, -0.2) is 0 Å². The van der Waals surface area contributed by atoms with Crippen LogP contribution in [0, 0.1) is 0 Å². The van der Waals surface area contributed by atoms with Crippen molar-refractivity contribution in [2.45, 2.75) is 52.3 Å². The molecule has 1 heterocycles. The number of carbonyl (C=O) groups excluding carboxylic acids is 4. The molecule has 0 N–H and O–H groups in total. The van der Waals surface area contributed by atoms with Crippen LogP contribution in [0.25, 0.3) is 0 Å². The summed E-state index contributed by atoms with van der Waals surface area (Å²) in [6.45, 7) is 4.40. The normalized spacial score (nSPS) is 27.5. The van der Waals surface area contributed by atoms with Gasteiger partial charge in [0.1, 0.15) is 0 Å². The van der Waals surface area contributed by atoms with Crippen LogP contribution < -0.4 is 0 Å². The summed E-state index contributed by atoms with van der Waals surface area (Å²) in [6, 6.07) is 0. The second-order valence-electron chi connectivity index (χ2n) is 4.61. The van der Waals surface area contributed by atoms with Crippen LogP contribution in [0.5, 0.6) is 0 Å². The van der Waals surface area contributed by atoms with E-state index in [-0.39, 0.29) is 6.61 Å². The third kappa shape index (κ3) is 5.32. The van der Waals surface area contributed by atoms with Gasteiger partial charge in [-0.15, -0.1) is 0 Å². The van der Waals surface area contributed by atoms with E-state index in [1.54, 1.807) is 0 Å². The molecule has 1 saturated heterocycles. The van der Waals surface area contributed by atoms with Gasteiger partial charge >= 0.3 is 23.9 Å². The first-order valence-corrected chi connectivity index (χ1v) is 6.51. The van der Waals surface area contributed by atoms with Crippen molar-refractivity contribution in [2.24, 2.45) is 0 Å². The summed E-state index contributed by atoms with van der Waals surface area (Å²) in [5.74, 6) is -2.68. The fourth-order valence-corrected chi connectivity index (χ4v) is 1.97. The second kappa shape index (κ2) is 7.74. The predicted molar refractivity (Wildman–Crippen MR) is 68.2 cm³/mol. The maximum absolute atomic E-state index is 11.3. The molecule has 0 saturated carbocycles. The topological polar surface area (TPSA) is 114 Å². The van der Waals surface area contributed by atoms with E-state index in [1.807, 2.05) is 0 Å². The molecule has 0 aromatic rings. The summed E-state index contributed by atoms with van der Waals surface area (Å²) in [7, 11) is 0. The van der Waals surface area contributed by atoms with E-state index in [0.29, 0.717) is 0 Å². The zero-order chi connectivity index (χ0) is 16.9. The van der Waals surface area contributed by atoms with Crippen LogP contribution >= 0.6 is 0 Å². The van der Waals surface area contributed by atoms with Gasteiger partial charge in [-0.3, -0.25) is 19.2 Å². The molecule has 0 aromatic heterocycles. The van der Waals surface area contributed by atoms with Crippen molar-refractivity contribution in [3.63, 3.8) is 0 Å². The number of ether oxygens (including phenoxy) is 5. The number of hydrogen-bond acceptors (Lipinski definition) is 9. The minimum absolute atomic E-state index is 0.187. The van der Waals surface area contributed by atoms with Gasteiger partial charge in [0.2, 0.25) is 12.4 Å². The summed E-state index contributed by atoms with van der Waals surface area (Å²) in [6.07, 6.45) is -4.65. The Morgan fingerprint density at radius 1 is 0.727 bits per heavy atom. The van der Waals surface area contributed by atoms with Crippen LogP contribution in [-0.4, -0.2) is 55.1 Å². The van der Waals surface area contributed by atoms with Crippen molar-refractivity contribution in [2.75, 3.05) is 6.61 Å². The quantitative estimate of drug-likeness (QED) is 0.509. The van der Waals surface area contributed by atoms with Crippen LogP contribution in [-0.2, 0) is 42.9 Å². The van der Waals surface area contributed by atoms with E-state index in [1.165, 1.54) is 6.92 Å². The highest BCUT2D eigenvalue weighted by Crippen LogP contribution is 2.25. The standard InChI is InChI=1S/C13H18O9/c1-6(14)19-10-5-18-13(22-9(4)17)12(21-8(3)16)11(10)20-7(2)15/h10-13H,5H2,1-4H3/t10-,11+,12+,13?/m1/s1. The summed E-state index contributed by atoms with van der Waals surface area (Å²) in [5, 5.41) is 0. The molecule has 0 bridgehead atoms. The lowest BCUT2D eigenvalue weighted by atomic mass is 10.0. The second-order valence-corrected chi connectivity index (χ2v) is 4.61. The van der Waals surface area contributed by atoms with E-state index < -0.39 is 48.5 Å². The van der Waals surface area contributed by atoms with E-state index in [9.17, 15) is 19.2 Å². The van der Waals surface area contributed by atoms with Crippen molar-refractivity contribution < 1.29 is 42.9 Å². The van der Waals surface area contributed by atoms with E-state index >= 15 is 0 Å². The lowest BCUT2D eigenvalue weighted by molar-refractivity contribution is -0.273. The van der Waals surface area contributed by atoms with E-state index in [2.05, 4.69) is 0 Å². The van der Waals surface area contributed by atoms with Crippen molar-refractivity contribution in [1.29, 1.82) is 0 Å². The molecule has 1 aliphatic heterocycles. The van der Waals surface area contributed by atoms with Crippen LogP contribution in [0.15, 0.2) is 0 Å². The molecule has 0 aromatic carbocycles. The van der Waals surface area contributed by atoms with E-state index in [0.717, 1.165) is 20.8 Å². The van der Waals surface area contributed by atoms with Crippen LogP contribution in [0.1, 0.15) is 27.7 Å². The Hall–Kier alpha value is -2.16. The molecule has 0 amide bonds. The zero-order valence-corrected chi connectivity index (χ0v) is 12.7. The summed E-state index contributed by atoms with van der Waals surface area (Å²) in [4.78, 5) is 44.7. The summed E-state index contributed by atoms with van der Waals surface area (Å²) in [5.41, 5.74) is 0. The molecule has 0 spiro atoms. The average Bonchev–Trinajstić information content (AvgIpc) is 2.34. The Labute approximate surface area is 126 Å². The molecule has 4 atom stereocenters. The van der Waals surface area contributed by atoms with Gasteiger partial charge in [0, 0.05) is 27.7 Å². The molecule has 1 aliphatic rings. The maximum atomic E-state index is 11.3. The first-order valence-electron chi connectivity index (χ1n) is 6.51. The minimum atomic E-state index is -1.27.